The summed E-state index contributed by atoms with van der Waals surface area (Å²) in [6.07, 6.45) is 10.3. The molecule has 0 spiro atoms. The molecule has 2 unspecified atom stereocenters. The van der Waals surface area contributed by atoms with Gasteiger partial charge in [0.05, 0.1) is 18.8 Å². The highest BCUT2D eigenvalue weighted by Gasteiger charge is 2.14. The molecule has 148 valence electrons. The highest BCUT2D eigenvalue weighted by Crippen LogP contribution is 2.29. The van der Waals surface area contributed by atoms with Gasteiger partial charge < -0.3 is 9.47 Å². The summed E-state index contributed by atoms with van der Waals surface area (Å²) >= 11 is 0. The molecule has 3 heteroatoms. The van der Waals surface area contributed by atoms with E-state index in [1.165, 1.54) is 38.5 Å². The first kappa shape index (κ1) is 22.5. The molecule has 1 aromatic carbocycles. The Bertz CT molecular complexity index is 460. The number of ether oxygens (including phenoxy) is 2. The van der Waals surface area contributed by atoms with Crippen molar-refractivity contribution in [1.29, 1.82) is 0 Å². The van der Waals surface area contributed by atoms with Gasteiger partial charge in [0.1, 0.15) is 11.5 Å². The number of carbonyl (C=O) groups is 1. The van der Waals surface area contributed by atoms with Crippen molar-refractivity contribution in [2.75, 3.05) is 13.2 Å². The number of hydrogen-bond donors (Lipinski definition) is 0. The Morgan fingerprint density at radius 2 is 1.31 bits per heavy atom. The van der Waals surface area contributed by atoms with Crippen LogP contribution in [0, 0.1) is 11.8 Å². The van der Waals surface area contributed by atoms with Gasteiger partial charge in [-0.1, -0.05) is 72.3 Å². The van der Waals surface area contributed by atoms with E-state index in [1.54, 1.807) is 0 Å². The average Bonchev–Trinajstić information content (AvgIpc) is 2.68. The molecule has 0 aliphatic heterocycles. The lowest BCUT2D eigenvalue weighted by atomic mass is 10.0. The van der Waals surface area contributed by atoms with Crippen molar-refractivity contribution >= 4 is 6.29 Å². The number of hydrogen-bond acceptors (Lipinski definition) is 3. The molecule has 0 aliphatic rings. The standard InChI is InChI=1S/C23H38O3/c1-5-9-12-19(7-3)17-25-22-14-11-15-23(21(22)16-24)26-18-20(8-4)13-10-6-2/h11,14-16,19-20H,5-10,12-13,17-18H2,1-4H3. The second-order valence-corrected chi connectivity index (χ2v) is 7.24. The molecule has 1 aromatic rings. The van der Waals surface area contributed by atoms with Crippen molar-refractivity contribution in [3.63, 3.8) is 0 Å². The summed E-state index contributed by atoms with van der Waals surface area (Å²) in [6, 6.07) is 5.66. The third kappa shape index (κ3) is 7.80. The van der Waals surface area contributed by atoms with Crippen LogP contribution in [0.25, 0.3) is 0 Å². The Labute approximate surface area is 160 Å². The van der Waals surface area contributed by atoms with Crippen LogP contribution in [0.2, 0.25) is 0 Å². The van der Waals surface area contributed by atoms with E-state index in [4.69, 9.17) is 9.47 Å². The molecule has 0 aliphatic carbocycles. The van der Waals surface area contributed by atoms with Crippen molar-refractivity contribution in [2.24, 2.45) is 11.8 Å². The van der Waals surface area contributed by atoms with Gasteiger partial charge in [-0.25, -0.2) is 0 Å². The monoisotopic (exact) mass is 362 g/mol. The van der Waals surface area contributed by atoms with Gasteiger partial charge in [0, 0.05) is 0 Å². The van der Waals surface area contributed by atoms with Gasteiger partial charge in [0.2, 0.25) is 0 Å². The van der Waals surface area contributed by atoms with E-state index in [9.17, 15) is 4.79 Å². The van der Waals surface area contributed by atoms with E-state index >= 15 is 0 Å². The minimum Gasteiger partial charge on any atom is -0.492 e. The summed E-state index contributed by atoms with van der Waals surface area (Å²) in [6.45, 7) is 10.1. The van der Waals surface area contributed by atoms with E-state index in [-0.39, 0.29) is 0 Å². The normalized spacial score (nSPS) is 13.2. The molecule has 0 saturated carbocycles. The zero-order valence-corrected chi connectivity index (χ0v) is 17.3. The Kier molecular flexibility index (Phi) is 11.8. The van der Waals surface area contributed by atoms with Crippen LogP contribution in [0.5, 0.6) is 11.5 Å². The van der Waals surface area contributed by atoms with Crippen molar-refractivity contribution < 1.29 is 14.3 Å². The van der Waals surface area contributed by atoms with Gasteiger partial charge in [-0.2, -0.15) is 0 Å². The van der Waals surface area contributed by atoms with Crippen LogP contribution in [0.4, 0.5) is 0 Å². The molecule has 0 fully saturated rings. The minimum atomic E-state index is 0.539. The molecule has 0 amide bonds. The zero-order valence-electron chi connectivity index (χ0n) is 17.3. The molecule has 0 heterocycles. The van der Waals surface area contributed by atoms with E-state index in [0.29, 0.717) is 42.1 Å². The molecule has 3 nitrogen and oxygen atoms in total. The smallest absolute Gasteiger partial charge is 0.157 e. The van der Waals surface area contributed by atoms with Gasteiger partial charge in [-0.3, -0.25) is 4.79 Å². The average molecular weight is 363 g/mol. The van der Waals surface area contributed by atoms with Crippen LogP contribution in [-0.2, 0) is 0 Å². The minimum absolute atomic E-state index is 0.539. The Hall–Kier alpha value is -1.51. The maximum atomic E-state index is 11.7. The number of rotatable bonds is 15. The van der Waals surface area contributed by atoms with E-state index in [1.807, 2.05) is 18.2 Å². The molecule has 0 N–H and O–H groups in total. The molecule has 0 aromatic heterocycles. The Morgan fingerprint density at radius 1 is 0.846 bits per heavy atom. The molecule has 0 saturated heterocycles. The second kappa shape index (κ2) is 13.7. The lowest BCUT2D eigenvalue weighted by Crippen LogP contribution is -2.14. The molecule has 2 atom stereocenters. The third-order valence-electron chi connectivity index (χ3n) is 5.18. The highest BCUT2D eigenvalue weighted by atomic mass is 16.5. The molecule has 1 rings (SSSR count). The second-order valence-electron chi connectivity index (χ2n) is 7.24. The quantitative estimate of drug-likeness (QED) is 0.326. The molecular weight excluding hydrogens is 324 g/mol. The van der Waals surface area contributed by atoms with Crippen LogP contribution in [0.3, 0.4) is 0 Å². The topological polar surface area (TPSA) is 35.5 Å². The molecular formula is C23H38O3. The van der Waals surface area contributed by atoms with Crippen molar-refractivity contribution in [2.45, 2.75) is 79.1 Å². The van der Waals surface area contributed by atoms with Crippen molar-refractivity contribution in [3.05, 3.63) is 23.8 Å². The molecule has 26 heavy (non-hydrogen) atoms. The maximum absolute atomic E-state index is 11.7. The number of unbranched alkanes of at least 4 members (excludes halogenated alkanes) is 2. The highest BCUT2D eigenvalue weighted by molar-refractivity contribution is 5.83. The maximum Gasteiger partial charge on any atom is 0.157 e. The first-order valence-electron chi connectivity index (χ1n) is 10.5. The SMILES string of the molecule is CCCCC(CC)COc1cccc(OCC(CC)CCCC)c1C=O. The summed E-state index contributed by atoms with van der Waals surface area (Å²) < 4.78 is 12.0. The Morgan fingerprint density at radius 3 is 1.65 bits per heavy atom. The van der Waals surface area contributed by atoms with Crippen LogP contribution in [0.1, 0.15) is 89.4 Å². The fourth-order valence-corrected chi connectivity index (χ4v) is 3.10. The largest absolute Gasteiger partial charge is 0.492 e. The van der Waals surface area contributed by atoms with Crippen LogP contribution < -0.4 is 9.47 Å². The van der Waals surface area contributed by atoms with E-state index < -0.39 is 0 Å². The summed E-state index contributed by atoms with van der Waals surface area (Å²) in [4.78, 5) is 11.7. The van der Waals surface area contributed by atoms with Gasteiger partial charge >= 0.3 is 0 Å². The van der Waals surface area contributed by atoms with Crippen LogP contribution in [0.15, 0.2) is 18.2 Å². The first-order valence-corrected chi connectivity index (χ1v) is 10.5. The summed E-state index contributed by atoms with van der Waals surface area (Å²) in [5, 5.41) is 0. The first-order chi connectivity index (χ1) is 12.7. The predicted molar refractivity (Wildman–Crippen MR) is 109 cm³/mol. The molecule has 0 bridgehead atoms. The molecule has 0 radical (unpaired) electrons. The van der Waals surface area contributed by atoms with Crippen molar-refractivity contribution in [3.8, 4) is 11.5 Å². The third-order valence-corrected chi connectivity index (χ3v) is 5.18. The summed E-state index contributed by atoms with van der Waals surface area (Å²) in [7, 11) is 0. The predicted octanol–water partition coefficient (Wildman–Crippen LogP) is 6.69. The van der Waals surface area contributed by atoms with Crippen LogP contribution in [-0.4, -0.2) is 19.5 Å². The Balaban J connectivity index is 2.71. The zero-order chi connectivity index (χ0) is 19.2. The lowest BCUT2D eigenvalue weighted by molar-refractivity contribution is 0.111. The van der Waals surface area contributed by atoms with Crippen molar-refractivity contribution in [1.82, 2.24) is 0 Å². The van der Waals surface area contributed by atoms with Gasteiger partial charge in [-0.15, -0.1) is 0 Å². The number of carbonyl (C=O) groups excluding carboxylic acids is 1. The van der Waals surface area contributed by atoms with Gasteiger partial charge in [0.15, 0.2) is 6.29 Å². The lowest BCUT2D eigenvalue weighted by Gasteiger charge is -2.19. The van der Waals surface area contributed by atoms with Crippen LogP contribution >= 0.6 is 0 Å². The number of aldehydes is 1. The fraction of sp³-hybridized carbons (Fsp3) is 0.696. The fourth-order valence-electron chi connectivity index (χ4n) is 3.10. The van der Waals surface area contributed by atoms with Gasteiger partial charge in [0.25, 0.3) is 0 Å². The summed E-state index contributed by atoms with van der Waals surface area (Å²) in [5.74, 6) is 2.37. The van der Waals surface area contributed by atoms with E-state index in [2.05, 4.69) is 27.7 Å². The van der Waals surface area contributed by atoms with Gasteiger partial charge in [-0.05, 0) is 36.8 Å². The summed E-state index contributed by atoms with van der Waals surface area (Å²) in [5.41, 5.74) is 0.545. The van der Waals surface area contributed by atoms with E-state index in [0.717, 1.165) is 19.1 Å². The number of benzene rings is 1.